The molecule has 22 heteroatoms. The number of nitro benzene ring substituents is 1. The Balaban J connectivity index is 1.36. The second-order valence-corrected chi connectivity index (χ2v) is 18.9. The molecule has 0 aliphatic carbocycles. The number of methoxy groups -OCH3 is 1. The van der Waals surface area contributed by atoms with Crippen LogP contribution < -0.4 is 0 Å². The molecule has 4 aliphatic rings. The van der Waals surface area contributed by atoms with Crippen LogP contribution in [-0.4, -0.2) is 132 Å². The molecule has 0 amide bonds. The molecule has 3 fully saturated rings. The van der Waals surface area contributed by atoms with E-state index in [4.69, 9.17) is 47.2 Å². The summed E-state index contributed by atoms with van der Waals surface area (Å²) in [7, 11) is 8.55. The fraction of sp³-hybridized carbons (Fsp3) is 0.705. The van der Waals surface area contributed by atoms with Crippen LogP contribution in [0.1, 0.15) is 103 Å². The van der Waals surface area contributed by atoms with E-state index in [1.165, 1.54) is 45.9 Å². The van der Waals surface area contributed by atoms with Gasteiger partial charge in [-0.2, -0.15) is 0 Å². The number of carbonyl (C=O) groups excluding carboxylic acids is 3. The number of rotatable bonds is 22. The Labute approximate surface area is 393 Å². The van der Waals surface area contributed by atoms with E-state index in [1.807, 2.05) is 34.6 Å². The summed E-state index contributed by atoms with van der Waals surface area (Å²) in [6.07, 6.45) is 0.578. The van der Waals surface area contributed by atoms with Gasteiger partial charge in [-0.15, -0.1) is 0 Å². The first kappa shape index (κ1) is 53.5. The average molecular weight is 960 g/mol. The van der Waals surface area contributed by atoms with E-state index in [-0.39, 0.29) is 55.2 Å². The van der Waals surface area contributed by atoms with Crippen molar-refractivity contribution in [1.29, 1.82) is 0 Å². The van der Waals surface area contributed by atoms with Gasteiger partial charge in [0.1, 0.15) is 6.61 Å². The molecule has 5 rings (SSSR count). The van der Waals surface area contributed by atoms with Gasteiger partial charge in [-0.25, -0.2) is 4.79 Å². The van der Waals surface area contributed by atoms with E-state index >= 15 is 0 Å². The summed E-state index contributed by atoms with van der Waals surface area (Å²) in [6, 6.07) is 5.22. The quantitative estimate of drug-likeness (QED) is 0.0176. The van der Waals surface area contributed by atoms with Crippen LogP contribution in [0.25, 0.3) is 0 Å². The monoisotopic (exact) mass is 959 g/mol. The number of nitrogens with zero attached hydrogens (tertiary/aromatic N) is 3. The molecule has 0 saturated carbocycles. The number of hydrogen-bond acceptors (Lipinski definition) is 17. The van der Waals surface area contributed by atoms with Crippen LogP contribution in [0.4, 0.5) is 5.69 Å². The normalized spacial score (nSPS) is 28.9. The molecule has 13 atom stereocenters. The molecule has 18 nitrogen and oxygen atoms in total. The summed E-state index contributed by atoms with van der Waals surface area (Å²) in [5, 5.41) is 11.4. The van der Waals surface area contributed by atoms with Gasteiger partial charge >= 0.3 is 260 Å². The molecule has 0 radical (unpaired) electrons. The number of esters is 3. The number of nitro groups is 1. The average Bonchev–Trinajstić information content (AvgIpc) is 3.64. The third-order valence-electron chi connectivity index (χ3n) is 12.3. The topological polar surface area (TPSA) is 211 Å². The van der Waals surface area contributed by atoms with Gasteiger partial charge in [-0.05, 0) is 45.6 Å². The van der Waals surface area contributed by atoms with Crippen LogP contribution in [0.15, 0.2) is 56.9 Å². The number of ether oxygens (including phenoxy) is 8. The van der Waals surface area contributed by atoms with Gasteiger partial charge in [-0.3, -0.25) is 14.9 Å². The standard InChI is InChI=1S/C44H65B2N3O15P2/c1-25-19-31(14-15-33-26(2)20-30(59-33)9-8-17-56-43(52)44(4,5)6)60-35(32(25)23-57-39(50)24-55-7)21-37-41(63-42(51)28-10-12-29(13-11-28)49(53)54)27(3)40-38(61-37)22-36(64-46-48-66)34(62-40)16-18-58-45-47-65/h10-13,27,30-31,33-38,40-41H,2,8-9,14-24,65-66H2,1,3-7H3/t27-,30-,31-,33-,34+,35?,36+,37-,38-,40-,41+/m0/s1. The summed E-state index contributed by atoms with van der Waals surface area (Å²) in [5.41, 5.74) is 2.20. The Bertz CT molecular complexity index is 1920. The summed E-state index contributed by atoms with van der Waals surface area (Å²) in [5.74, 6) is -1.86. The first-order chi connectivity index (χ1) is 31.5. The maximum absolute atomic E-state index is 13.9. The molecule has 0 aromatic heterocycles. The van der Waals surface area contributed by atoms with E-state index in [0.29, 0.717) is 51.7 Å². The van der Waals surface area contributed by atoms with Crippen molar-refractivity contribution in [2.45, 2.75) is 153 Å². The van der Waals surface area contributed by atoms with Crippen molar-refractivity contribution in [3.05, 3.63) is 63.2 Å². The van der Waals surface area contributed by atoms with E-state index in [1.54, 1.807) is 0 Å². The second kappa shape index (κ2) is 25.7. The molecule has 3 saturated heterocycles. The van der Waals surface area contributed by atoms with Gasteiger partial charge in [0.05, 0.1) is 29.2 Å². The fourth-order valence-electron chi connectivity index (χ4n) is 8.88. The number of non-ortho nitro benzene ring substituents is 1. The Hall–Kier alpha value is -3.50. The third kappa shape index (κ3) is 15.3. The maximum atomic E-state index is 13.9. The number of benzene rings is 1. The number of hydrogen-bond donors (Lipinski definition) is 0. The van der Waals surface area contributed by atoms with Crippen molar-refractivity contribution in [2.24, 2.45) is 20.7 Å². The minimum atomic E-state index is -0.869. The van der Waals surface area contributed by atoms with Gasteiger partial charge in [0.15, 0.2) is 0 Å². The molecule has 3 unspecified atom stereocenters. The van der Waals surface area contributed by atoms with Crippen molar-refractivity contribution in [3.63, 3.8) is 0 Å². The van der Waals surface area contributed by atoms with Gasteiger partial charge < -0.3 is 14.2 Å². The SMILES string of the molecule is C=C1C[C@H](CCCOC(=O)C(C)(C)C)O[C@H]1CC[C@H]1CC(C)=C(COC(=O)COC)C(C[C@@H]2O[C@H]3C[C@@H](OB=NP)[C@@H](CCOB=NP)O[C@H]3[C@H](C)[C@H]2OC(=O)c2ccc([N+](=O)[O-])cc2)O1. The molecule has 362 valence electrons. The van der Waals surface area contributed by atoms with Crippen molar-refractivity contribution in [1.82, 2.24) is 0 Å². The molecule has 0 spiro atoms. The molecular formula is C44H65B2N3O15P2. The van der Waals surface area contributed by atoms with Crippen LogP contribution in [0.5, 0.6) is 0 Å². The molecule has 0 N–H and O–H groups in total. The molecule has 4 heterocycles. The Kier molecular flexibility index (Phi) is 20.9. The van der Waals surface area contributed by atoms with Crippen LogP contribution in [0.3, 0.4) is 0 Å². The zero-order chi connectivity index (χ0) is 48.0. The predicted molar refractivity (Wildman–Crippen MR) is 249 cm³/mol. The van der Waals surface area contributed by atoms with Gasteiger partial charge in [-0.1, -0.05) is 6.58 Å². The molecule has 0 bridgehead atoms. The fourth-order valence-corrected chi connectivity index (χ4v) is 9.04. The molecule has 66 heavy (non-hydrogen) atoms. The summed E-state index contributed by atoms with van der Waals surface area (Å²) >= 11 is 0. The molecular weight excluding hydrogens is 894 g/mol. The van der Waals surface area contributed by atoms with Crippen LogP contribution in [0.2, 0.25) is 0 Å². The van der Waals surface area contributed by atoms with Crippen LogP contribution in [-0.2, 0) is 56.8 Å². The Morgan fingerprint density at radius 1 is 0.924 bits per heavy atom. The van der Waals surface area contributed by atoms with Crippen LogP contribution in [0, 0.1) is 21.4 Å². The van der Waals surface area contributed by atoms with E-state index in [9.17, 15) is 24.5 Å². The molecule has 1 aromatic rings. The first-order valence-corrected chi connectivity index (χ1v) is 23.5. The predicted octanol–water partition coefficient (Wildman–Crippen LogP) is 6.58. The van der Waals surface area contributed by atoms with Crippen molar-refractivity contribution < 1.29 is 66.5 Å². The first-order valence-electron chi connectivity index (χ1n) is 22.5. The summed E-state index contributed by atoms with van der Waals surface area (Å²) in [6.45, 7) is 14.1. The molecule has 4 aliphatic heterocycles. The third-order valence-corrected chi connectivity index (χ3v) is 12.6. The van der Waals surface area contributed by atoms with Crippen molar-refractivity contribution >= 4 is 56.9 Å². The number of carbonyl (C=O) groups is 3. The number of fused-ring (bicyclic) bond motifs is 1. The summed E-state index contributed by atoms with van der Waals surface area (Å²) in [4.78, 5) is 49.5. The Morgan fingerprint density at radius 2 is 1.64 bits per heavy atom. The van der Waals surface area contributed by atoms with Gasteiger partial charge in [0.25, 0.3) is 5.69 Å². The van der Waals surface area contributed by atoms with Gasteiger partial charge in [0.2, 0.25) is 0 Å². The van der Waals surface area contributed by atoms with Crippen molar-refractivity contribution in [3.8, 4) is 0 Å². The minimum absolute atomic E-state index is 0.0222. The Morgan fingerprint density at radius 3 is 2.32 bits per heavy atom. The second-order valence-electron chi connectivity index (χ2n) is 18.3. The van der Waals surface area contributed by atoms with E-state index < -0.39 is 70.9 Å². The zero-order valence-corrected chi connectivity index (χ0v) is 41.1. The zero-order valence-electron chi connectivity index (χ0n) is 38.8. The van der Waals surface area contributed by atoms with E-state index in [0.717, 1.165) is 29.6 Å². The van der Waals surface area contributed by atoms with Gasteiger partial charge in [0, 0.05) is 7.11 Å². The van der Waals surface area contributed by atoms with E-state index in [2.05, 4.69) is 34.7 Å². The van der Waals surface area contributed by atoms with Crippen LogP contribution >= 0.6 is 18.8 Å². The molecule has 1 aromatic carbocycles. The van der Waals surface area contributed by atoms with Crippen molar-refractivity contribution in [2.75, 3.05) is 33.5 Å². The summed E-state index contributed by atoms with van der Waals surface area (Å²) < 4.78 is 68.7.